The van der Waals surface area contributed by atoms with Crippen molar-refractivity contribution in [2.24, 2.45) is 5.73 Å². The zero-order valence-electron chi connectivity index (χ0n) is 11.6. The molecular formula is C11H28Cl3N3O2. The molecule has 0 aromatic heterocycles. The Morgan fingerprint density at radius 3 is 2.11 bits per heavy atom. The second-order valence-electron chi connectivity index (χ2n) is 5.16. The number of likely N-dealkylation sites (tertiary alicyclic amines) is 1. The molecule has 0 bridgehead atoms. The third-order valence-electron chi connectivity index (χ3n) is 3.65. The summed E-state index contributed by atoms with van der Waals surface area (Å²) in [6, 6.07) is 0. The van der Waals surface area contributed by atoms with Crippen molar-refractivity contribution in [3.05, 3.63) is 0 Å². The van der Waals surface area contributed by atoms with Crippen molar-refractivity contribution in [3.63, 3.8) is 0 Å². The van der Waals surface area contributed by atoms with Crippen molar-refractivity contribution < 1.29 is 10.2 Å². The van der Waals surface area contributed by atoms with Gasteiger partial charge in [-0.3, -0.25) is 0 Å². The Kier molecular flexibility index (Phi) is 13.5. The number of nitrogens with two attached hydrogens (primary N) is 1. The third-order valence-corrected chi connectivity index (χ3v) is 3.65. The van der Waals surface area contributed by atoms with E-state index in [-0.39, 0.29) is 54.4 Å². The van der Waals surface area contributed by atoms with E-state index < -0.39 is 0 Å². The smallest absolute Gasteiger partial charge is 0.0838 e. The molecule has 5 nitrogen and oxygen atoms in total. The number of halogens is 3. The zero-order valence-corrected chi connectivity index (χ0v) is 14.1. The number of morpholine rings is 1. The van der Waals surface area contributed by atoms with Crippen LogP contribution in [-0.2, 0) is 4.74 Å². The first-order valence-corrected chi connectivity index (χ1v) is 5.88. The molecule has 0 amide bonds. The number of hydrogen-bond donors (Lipinski definition) is 1. The van der Waals surface area contributed by atoms with Gasteiger partial charge in [0.1, 0.15) is 0 Å². The molecule has 1 atom stereocenters. The van der Waals surface area contributed by atoms with Gasteiger partial charge in [0, 0.05) is 32.7 Å². The summed E-state index contributed by atoms with van der Waals surface area (Å²) in [7, 11) is 4.35. The largest absolute Gasteiger partial charge is 0.412 e. The lowest BCUT2D eigenvalue weighted by molar-refractivity contribution is -0.166. The number of hydrogen-bond acceptors (Lipinski definition) is 4. The van der Waals surface area contributed by atoms with E-state index >= 15 is 0 Å². The van der Waals surface area contributed by atoms with Gasteiger partial charge in [-0.2, -0.15) is 0 Å². The minimum atomic E-state index is 0. The summed E-state index contributed by atoms with van der Waals surface area (Å²) in [6.07, 6.45) is 2.52. The average molecular weight is 341 g/mol. The van der Waals surface area contributed by atoms with Crippen LogP contribution in [0.15, 0.2) is 0 Å². The molecule has 1 unspecified atom stereocenters. The lowest BCUT2D eigenvalue weighted by Crippen LogP contribution is -2.59. The van der Waals surface area contributed by atoms with E-state index in [1.807, 2.05) is 0 Å². The van der Waals surface area contributed by atoms with Crippen molar-refractivity contribution in [1.29, 1.82) is 0 Å². The molecule has 2 heterocycles. The van der Waals surface area contributed by atoms with Gasteiger partial charge < -0.3 is 25.7 Å². The number of piperidine rings is 1. The van der Waals surface area contributed by atoms with E-state index in [0.717, 1.165) is 39.0 Å². The molecule has 0 aliphatic carbocycles. The molecule has 8 heteroatoms. The topological polar surface area (TPSA) is 73.2 Å². The highest BCUT2D eigenvalue weighted by molar-refractivity contribution is 5.86. The second-order valence-corrected chi connectivity index (χ2v) is 5.16. The first-order valence-electron chi connectivity index (χ1n) is 5.88. The molecule has 2 saturated heterocycles. The predicted octanol–water partition coefficient (Wildman–Crippen LogP) is 0.181. The maximum Gasteiger partial charge on any atom is 0.0838 e. The van der Waals surface area contributed by atoms with Crippen LogP contribution in [0.1, 0.15) is 12.8 Å². The highest BCUT2D eigenvalue weighted by Gasteiger charge is 2.40. The molecule has 2 aliphatic heterocycles. The van der Waals surface area contributed by atoms with Crippen LogP contribution in [0.25, 0.3) is 0 Å². The highest BCUT2D eigenvalue weighted by Crippen LogP contribution is 2.31. The maximum absolute atomic E-state index is 6.19. The fourth-order valence-electron chi connectivity index (χ4n) is 2.76. The molecular weight excluding hydrogens is 312 g/mol. The van der Waals surface area contributed by atoms with E-state index in [0.29, 0.717) is 6.54 Å². The normalized spacial score (nSPS) is 26.4. The highest BCUT2D eigenvalue weighted by atomic mass is 35.5. The fraction of sp³-hybridized carbons (Fsp3) is 1.00. The summed E-state index contributed by atoms with van der Waals surface area (Å²) in [5, 5.41) is 0. The Balaban J connectivity index is -0.000000640. The lowest BCUT2D eigenvalue weighted by atomic mass is 9.89. The lowest BCUT2D eigenvalue weighted by Gasteiger charge is -2.48. The van der Waals surface area contributed by atoms with Crippen molar-refractivity contribution >= 4 is 37.2 Å². The number of rotatable bonds is 1. The minimum Gasteiger partial charge on any atom is -0.412 e. The van der Waals surface area contributed by atoms with Crippen molar-refractivity contribution in [2.75, 3.05) is 46.8 Å². The van der Waals surface area contributed by atoms with E-state index in [1.165, 1.54) is 0 Å². The fourth-order valence-corrected chi connectivity index (χ4v) is 2.76. The third kappa shape index (κ3) is 6.31. The van der Waals surface area contributed by atoms with Gasteiger partial charge in [-0.05, 0) is 26.9 Å². The SMILES string of the molecule is CN1CCC2(CC1)CN(C)CC(CN)O2.Cl.Cl.Cl.O. The van der Waals surface area contributed by atoms with E-state index in [9.17, 15) is 0 Å². The van der Waals surface area contributed by atoms with Gasteiger partial charge in [0.2, 0.25) is 0 Å². The molecule has 0 saturated carbocycles. The molecule has 0 radical (unpaired) electrons. The first-order chi connectivity index (χ1) is 7.13. The van der Waals surface area contributed by atoms with Crippen LogP contribution >= 0.6 is 37.2 Å². The quantitative estimate of drug-likeness (QED) is 0.739. The molecule has 2 aliphatic rings. The Bertz CT molecular complexity index is 229. The maximum atomic E-state index is 6.19. The van der Waals surface area contributed by atoms with Crippen LogP contribution in [0.4, 0.5) is 0 Å². The van der Waals surface area contributed by atoms with Gasteiger partial charge in [0.05, 0.1) is 11.7 Å². The van der Waals surface area contributed by atoms with Crippen molar-refractivity contribution in [3.8, 4) is 0 Å². The Hall–Kier alpha value is 0.670. The summed E-state index contributed by atoms with van der Waals surface area (Å²) in [4.78, 5) is 4.74. The molecule has 2 rings (SSSR count). The van der Waals surface area contributed by atoms with Gasteiger partial charge in [-0.15, -0.1) is 37.2 Å². The Morgan fingerprint density at radius 2 is 1.63 bits per heavy atom. The average Bonchev–Trinajstić information content (AvgIpc) is 2.22. The monoisotopic (exact) mass is 339 g/mol. The summed E-state index contributed by atoms with van der Waals surface area (Å²) < 4.78 is 6.19. The van der Waals surface area contributed by atoms with Gasteiger partial charge in [0.15, 0.2) is 0 Å². The van der Waals surface area contributed by atoms with Gasteiger partial charge in [-0.25, -0.2) is 0 Å². The van der Waals surface area contributed by atoms with E-state index in [4.69, 9.17) is 10.5 Å². The summed E-state index contributed by atoms with van der Waals surface area (Å²) in [6.45, 7) is 4.98. The van der Waals surface area contributed by atoms with Gasteiger partial charge in [0.25, 0.3) is 0 Å². The minimum absolute atomic E-state index is 0. The van der Waals surface area contributed by atoms with Gasteiger partial charge >= 0.3 is 0 Å². The molecule has 19 heavy (non-hydrogen) atoms. The van der Waals surface area contributed by atoms with Crippen LogP contribution in [0, 0.1) is 0 Å². The zero-order chi connectivity index (χ0) is 10.9. The predicted molar refractivity (Wildman–Crippen MR) is 86.2 cm³/mol. The van der Waals surface area contributed by atoms with Crippen LogP contribution in [0.3, 0.4) is 0 Å². The standard InChI is InChI=1S/C11H23N3O.3ClH.H2O/c1-13-5-3-11(4-6-13)9-14(2)8-10(7-12)15-11;;;;/h10H,3-9,12H2,1-2H3;3*1H;1H2. The Morgan fingerprint density at radius 1 is 1.11 bits per heavy atom. The van der Waals surface area contributed by atoms with Crippen LogP contribution in [-0.4, -0.2) is 73.8 Å². The summed E-state index contributed by atoms with van der Waals surface area (Å²) >= 11 is 0. The number of nitrogens with zero attached hydrogens (tertiary/aromatic N) is 2. The molecule has 0 aromatic rings. The summed E-state index contributed by atoms with van der Waals surface area (Å²) in [5.41, 5.74) is 5.81. The van der Waals surface area contributed by atoms with Crippen LogP contribution < -0.4 is 5.73 Å². The molecule has 2 fully saturated rings. The molecule has 1 spiro atoms. The second kappa shape index (κ2) is 10.4. The van der Waals surface area contributed by atoms with E-state index in [1.54, 1.807) is 0 Å². The molecule has 120 valence electrons. The van der Waals surface area contributed by atoms with Gasteiger partial charge in [-0.1, -0.05) is 0 Å². The number of likely N-dealkylation sites (N-methyl/N-ethyl adjacent to an activating group) is 1. The molecule has 4 N–H and O–H groups in total. The molecule has 0 aromatic carbocycles. The number of ether oxygens (including phenoxy) is 1. The van der Waals surface area contributed by atoms with Crippen LogP contribution in [0.2, 0.25) is 0 Å². The van der Waals surface area contributed by atoms with Crippen LogP contribution in [0.5, 0.6) is 0 Å². The summed E-state index contributed by atoms with van der Waals surface area (Å²) in [5.74, 6) is 0. The Labute approximate surface area is 134 Å². The van der Waals surface area contributed by atoms with E-state index in [2.05, 4.69) is 23.9 Å². The van der Waals surface area contributed by atoms with Crippen molar-refractivity contribution in [1.82, 2.24) is 9.80 Å². The first kappa shape index (κ1) is 24.7. The van der Waals surface area contributed by atoms with Crippen molar-refractivity contribution in [2.45, 2.75) is 24.5 Å².